The van der Waals surface area contributed by atoms with E-state index >= 15 is 0 Å². The van der Waals surface area contributed by atoms with Gasteiger partial charge < -0.3 is 10.2 Å². The number of nitrogens with one attached hydrogen (secondary N) is 1. The van der Waals surface area contributed by atoms with Crippen molar-refractivity contribution in [2.75, 3.05) is 20.6 Å². The molecule has 33 heavy (non-hydrogen) atoms. The van der Waals surface area contributed by atoms with Crippen LogP contribution in [-0.4, -0.2) is 31.4 Å². The first-order valence-electron chi connectivity index (χ1n) is 12.4. The smallest absolute Gasteiger partial charge is 0.230 e. The molecule has 3 nitrogen and oxygen atoms in total. The van der Waals surface area contributed by atoms with E-state index in [1.54, 1.807) is 6.07 Å². The number of benzene rings is 2. The number of carbonyl (C=O) groups is 1. The van der Waals surface area contributed by atoms with Crippen molar-refractivity contribution in [2.45, 2.75) is 62.8 Å². The van der Waals surface area contributed by atoms with Crippen molar-refractivity contribution in [1.29, 1.82) is 0 Å². The Morgan fingerprint density at radius 2 is 1.76 bits per heavy atom. The normalized spacial score (nSPS) is 23.4. The minimum atomic E-state index is -0.408. The lowest BCUT2D eigenvalue weighted by molar-refractivity contribution is -0.126. The summed E-state index contributed by atoms with van der Waals surface area (Å²) in [6.07, 6.45) is 8.39. The molecule has 178 valence electrons. The van der Waals surface area contributed by atoms with Crippen molar-refractivity contribution in [2.24, 2.45) is 11.8 Å². The third kappa shape index (κ3) is 5.44. The number of hydrogen-bond acceptors (Lipinski definition) is 2. The van der Waals surface area contributed by atoms with Gasteiger partial charge in [-0.25, -0.2) is 4.39 Å². The molecule has 1 unspecified atom stereocenters. The predicted octanol–water partition coefficient (Wildman–Crippen LogP) is 6.52. The van der Waals surface area contributed by atoms with Crippen LogP contribution in [0.25, 0.3) is 0 Å². The van der Waals surface area contributed by atoms with Crippen LogP contribution in [0, 0.1) is 17.7 Å². The zero-order chi connectivity index (χ0) is 23.4. The second-order valence-electron chi connectivity index (χ2n) is 10.3. The fourth-order valence-electron chi connectivity index (χ4n) is 6.19. The average Bonchev–Trinajstić information content (AvgIpc) is 3.30. The summed E-state index contributed by atoms with van der Waals surface area (Å²) in [5, 5.41) is 4.03. The summed E-state index contributed by atoms with van der Waals surface area (Å²) in [5.41, 5.74) is 1.74. The van der Waals surface area contributed by atoms with Gasteiger partial charge in [-0.05, 0) is 99.8 Å². The highest BCUT2D eigenvalue weighted by atomic mass is 35.5. The summed E-state index contributed by atoms with van der Waals surface area (Å²) in [6.45, 7) is 0.744. The van der Waals surface area contributed by atoms with Crippen LogP contribution in [0.5, 0.6) is 0 Å². The molecule has 2 aromatic carbocycles. The highest BCUT2D eigenvalue weighted by molar-refractivity contribution is 6.30. The number of hydrogen-bond donors (Lipinski definition) is 1. The van der Waals surface area contributed by atoms with E-state index in [1.807, 2.05) is 36.4 Å². The number of halogens is 2. The molecule has 2 aromatic rings. The van der Waals surface area contributed by atoms with E-state index in [4.69, 9.17) is 11.6 Å². The predicted molar refractivity (Wildman–Crippen MR) is 133 cm³/mol. The Balaban J connectivity index is 1.35. The van der Waals surface area contributed by atoms with Crippen LogP contribution in [0.3, 0.4) is 0 Å². The average molecular weight is 471 g/mol. The van der Waals surface area contributed by atoms with Crippen LogP contribution in [0.1, 0.15) is 68.5 Å². The molecular weight excluding hydrogens is 435 g/mol. The van der Waals surface area contributed by atoms with Gasteiger partial charge in [-0.3, -0.25) is 4.79 Å². The molecule has 4 rings (SSSR count). The van der Waals surface area contributed by atoms with E-state index in [1.165, 1.54) is 6.07 Å². The molecule has 2 saturated carbocycles. The molecule has 2 aliphatic rings. The highest BCUT2D eigenvalue weighted by Gasteiger charge is 2.42. The first-order chi connectivity index (χ1) is 15.9. The van der Waals surface area contributed by atoms with Gasteiger partial charge in [0.25, 0.3) is 0 Å². The zero-order valence-corrected chi connectivity index (χ0v) is 20.6. The molecule has 1 N–H and O–H groups in total. The van der Waals surface area contributed by atoms with Gasteiger partial charge >= 0.3 is 0 Å². The first kappa shape index (κ1) is 24.2. The second-order valence-corrected chi connectivity index (χ2v) is 10.7. The number of carbonyl (C=O) groups excluding carboxylic acids is 1. The Kier molecular flexibility index (Phi) is 7.76. The molecule has 0 heterocycles. The minimum absolute atomic E-state index is 0.169. The Morgan fingerprint density at radius 1 is 1.09 bits per heavy atom. The maximum Gasteiger partial charge on any atom is 0.230 e. The lowest BCUT2D eigenvalue weighted by Gasteiger charge is -2.38. The van der Waals surface area contributed by atoms with Crippen molar-refractivity contribution >= 4 is 17.5 Å². The van der Waals surface area contributed by atoms with Crippen molar-refractivity contribution in [1.82, 2.24) is 10.2 Å². The van der Waals surface area contributed by atoms with E-state index in [-0.39, 0.29) is 17.8 Å². The van der Waals surface area contributed by atoms with Crippen molar-refractivity contribution < 1.29 is 9.18 Å². The molecule has 1 atom stereocenters. The van der Waals surface area contributed by atoms with Gasteiger partial charge in [0, 0.05) is 17.6 Å². The van der Waals surface area contributed by atoms with E-state index < -0.39 is 5.41 Å². The summed E-state index contributed by atoms with van der Waals surface area (Å²) >= 11 is 6.08. The number of nitrogens with zero attached hydrogens (tertiary/aromatic N) is 1. The van der Waals surface area contributed by atoms with E-state index in [2.05, 4.69) is 24.3 Å². The van der Waals surface area contributed by atoms with E-state index in [0.717, 1.165) is 69.0 Å². The summed E-state index contributed by atoms with van der Waals surface area (Å²) in [4.78, 5) is 15.6. The molecule has 2 fully saturated rings. The zero-order valence-electron chi connectivity index (χ0n) is 19.8. The summed E-state index contributed by atoms with van der Waals surface area (Å²) < 4.78 is 13.8. The highest BCUT2D eigenvalue weighted by Crippen LogP contribution is 2.42. The van der Waals surface area contributed by atoms with Crippen molar-refractivity contribution in [3.8, 4) is 0 Å². The Bertz CT molecular complexity index is 931. The molecule has 0 aliphatic heterocycles. The molecule has 0 aromatic heterocycles. The molecular formula is C28H36ClFN2O. The van der Waals surface area contributed by atoms with Gasteiger partial charge in [0.15, 0.2) is 0 Å². The molecule has 0 spiro atoms. The van der Waals surface area contributed by atoms with Gasteiger partial charge in [0.05, 0.1) is 5.41 Å². The van der Waals surface area contributed by atoms with Crippen LogP contribution >= 0.6 is 11.6 Å². The minimum Gasteiger partial charge on any atom is -0.355 e. The quantitative estimate of drug-likeness (QED) is 0.499. The van der Waals surface area contributed by atoms with Crippen molar-refractivity contribution in [3.05, 3.63) is 70.5 Å². The standard InChI is InChI=1S/C28H36ClFN2O/c1-32(2)26(22-6-5-7-25(30)18-22)21-10-8-20(9-11-21)19-31-27(33)28(16-3-4-17-28)23-12-14-24(29)15-13-23/h5-7,12-15,18,20-21,26H,3-4,8-11,16-17,19H2,1-2H3,(H,31,33). The summed E-state index contributed by atoms with van der Waals surface area (Å²) in [6, 6.07) is 15.1. The number of rotatable bonds is 7. The molecule has 1 amide bonds. The molecule has 2 aliphatic carbocycles. The molecule has 5 heteroatoms. The van der Waals surface area contributed by atoms with Crippen LogP contribution in [0.15, 0.2) is 48.5 Å². The second kappa shape index (κ2) is 10.6. The fraction of sp³-hybridized carbons (Fsp3) is 0.536. The SMILES string of the molecule is CN(C)C(c1cccc(F)c1)C1CCC(CNC(=O)C2(c3ccc(Cl)cc3)CCCC2)CC1. The van der Waals surface area contributed by atoms with Crippen molar-refractivity contribution in [3.63, 3.8) is 0 Å². The lowest BCUT2D eigenvalue weighted by atomic mass is 9.75. The first-order valence-corrected chi connectivity index (χ1v) is 12.7. The van der Waals surface area contributed by atoms with Crippen LogP contribution in [0.2, 0.25) is 5.02 Å². The topological polar surface area (TPSA) is 32.3 Å². The van der Waals surface area contributed by atoms with Gasteiger partial charge in [0.1, 0.15) is 5.82 Å². The summed E-state index contributed by atoms with van der Waals surface area (Å²) in [5.74, 6) is 1.01. The van der Waals surface area contributed by atoms with Crippen LogP contribution in [0.4, 0.5) is 4.39 Å². The van der Waals surface area contributed by atoms with Gasteiger partial charge in [-0.2, -0.15) is 0 Å². The van der Waals surface area contributed by atoms with E-state index in [9.17, 15) is 9.18 Å². The van der Waals surface area contributed by atoms with E-state index in [0.29, 0.717) is 16.9 Å². The largest absolute Gasteiger partial charge is 0.355 e. The maximum absolute atomic E-state index is 13.8. The molecule has 0 bridgehead atoms. The number of amides is 1. The van der Waals surface area contributed by atoms with Crippen LogP contribution in [-0.2, 0) is 10.2 Å². The Labute approximate surface area is 202 Å². The Morgan fingerprint density at radius 3 is 2.36 bits per heavy atom. The van der Waals surface area contributed by atoms with Crippen LogP contribution < -0.4 is 5.32 Å². The lowest BCUT2D eigenvalue weighted by Crippen LogP contribution is -2.44. The van der Waals surface area contributed by atoms with Gasteiger partial charge in [-0.1, -0.05) is 48.7 Å². The fourth-order valence-corrected chi connectivity index (χ4v) is 6.32. The van der Waals surface area contributed by atoms with Gasteiger partial charge in [-0.15, -0.1) is 0 Å². The maximum atomic E-state index is 13.8. The molecule has 0 saturated heterocycles. The summed E-state index contributed by atoms with van der Waals surface area (Å²) in [7, 11) is 4.17. The molecule has 0 radical (unpaired) electrons. The van der Waals surface area contributed by atoms with Gasteiger partial charge in [0.2, 0.25) is 5.91 Å². The third-order valence-electron chi connectivity index (χ3n) is 7.92. The monoisotopic (exact) mass is 470 g/mol. The Hall–Kier alpha value is -1.91. The third-order valence-corrected chi connectivity index (χ3v) is 8.18.